The van der Waals surface area contributed by atoms with Gasteiger partial charge in [-0.1, -0.05) is 15.9 Å². The zero-order chi connectivity index (χ0) is 15.2. The van der Waals surface area contributed by atoms with Crippen LogP contribution in [0.3, 0.4) is 0 Å². The van der Waals surface area contributed by atoms with Gasteiger partial charge in [-0.3, -0.25) is 4.79 Å². The van der Waals surface area contributed by atoms with Gasteiger partial charge in [-0.05, 0) is 37.3 Å². The summed E-state index contributed by atoms with van der Waals surface area (Å²) in [4.78, 5) is 16.3. The van der Waals surface area contributed by atoms with Crippen molar-refractivity contribution in [2.75, 3.05) is 17.2 Å². The Bertz CT molecular complexity index is 692. The van der Waals surface area contributed by atoms with Crippen LogP contribution in [0.4, 0.5) is 11.5 Å². The van der Waals surface area contributed by atoms with Gasteiger partial charge in [0.25, 0.3) is 5.91 Å². The smallest absolute Gasteiger partial charge is 0.257 e. The molecular weight excluding hydrogens is 332 g/mol. The number of nitrogens with zero attached hydrogens (tertiary/aromatic N) is 2. The van der Waals surface area contributed by atoms with Crippen LogP contribution in [0.2, 0.25) is 0 Å². The van der Waals surface area contributed by atoms with Crippen LogP contribution in [0, 0.1) is 11.3 Å². The molecule has 0 atom stereocenters. The number of carbonyl (C=O) groups is 1. The van der Waals surface area contributed by atoms with E-state index < -0.39 is 0 Å². The van der Waals surface area contributed by atoms with Gasteiger partial charge in [-0.2, -0.15) is 5.26 Å². The lowest BCUT2D eigenvalue weighted by molar-refractivity contribution is 0.102. The van der Waals surface area contributed by atoms with Gasteiger partial charge in [0.1, 0.15) is 11.9 Å². The first kappa shape index (κ1) is 15.0. The van der Waals surface area contributed by atoms with E-state index >= 15 is 0 Å². The molecule has 21 heavy (non-hydrogen) atoms. The van der Waals surface area contributed by atoms with E-state index in [9.17, 15) is 4.79 Å². The van der Waals surface area contributed by atoms with Crippen LogP contribution in [-0.4, -0.2) is 17.4 Å². The highest BCUT2D eigenvalue weighted by molar-refractivity contribution is 9.10. The fraction of sp³-hybridized carbons (Fsp3) is 0.133. The van der Waals surface area contributed by atoms with Crippen molar-refractivity contribution in [1.82, 2.24) is 4.98 Å². The molecule has 0 aliphatic heterocycles. The topological polar surface area (TPSA) is 77.8 Å². The van der Waals surface area contributed by atoms with Crippen molar-refractivity contribution in [3.8, 4) is 6.07 Å². The highest BCUT2D eigenvalue weighted by Crippen LogP contribution is 2.21. The summed E-state index contributed by atoms with van der Waals surface area (Å²) in [7, 11) is 0. The van der Waals surface area contributed by atoms with E-state index in [1.807, 2.05) is 13.0 Å². The lowest BCUT2D eigenvalue weighted by Crippen LogP contribution is -2.13. The van der Waals surface area contributed by atoms with Crippen LogP contribution < -0.4 is 10.6 Å². The molecule has 0 spiro atoms. The number of hydrogen-bond acceptors (Lipinski definition) is 4. The SMILES string of the molecule is CCNc1ccc(C(=O)Nc2ccc(Br)cc2C#N)cn1. The molecule has 0 aliphatic rings. The van der Waals surface area contributed by atoms with Crippen LogP contribution in [0.25, 0.3) is 0 Å². The lowest BCUT2D eigenvalue weighted by Gasteiger charge is -2.08. The number of nitrogens with one attached hydrogen (secondary N) is 2. The van der Waals surface area contributed by atoms with Gasteiger partial charge in [0, 0.05) is 17.2 Å². The quantitative estimate of drug-likeness (QED) is 0.890. The van der Waals surface area contributed by atoms with Crippen LogP contribution >= 0.6 is 15.9 Å². The van der Waals surface area contributed by atoms with Gasteiger partial charge in [0.05, 0.1) is 16.8 Å². The molecule has 2 rings (SSSR count). The van der Waals surface area contributed by atoms with Crippen molar-refractivity contribution in [3.05, 3.63) is 52.1 Å². The average Bonchev–Trinajstić information content (AvgIpc) is 2.50. The largest absolute Gasteiger partial charge is 0.370 e. The fourth-order valence-electron chi connectivity index (χ4n) is 1.73. The summed E-state index contributed by atoms with van der Waals surface area (Å²) < 4.78 is 0.786. The maximum Gasteiger partial charge on any atom is 0.257 e. The highest BCUT2D eigenvalue weighted by Gasteiger charge is 2.10. The Morgan fingerprint density at radius 3 is 2.81 bits per heavy atom. The molecular formula is C15H13BrN4O. The fourth-order valence-corrected chi connectivity index (χ4v) is 2.09. The first-order valence-electron chi connectivity index (χ1n) is 6.35. The third kappa shape index (κ3) is 3.80. The molecule has 1 amide bonds. The van der Waals surface area contributed by atoms with E-state index in [1.165, 1.54) is 6.20 Å². The number of carbonyl (C=O) groups excluding carboxylic acids is 1. The first-order chi connectivity index (χ1) is 10.1. The van der Waals surface area contributed by atoms with Crippen molar-refractivity contribution in [1.29, 1.82) is 5.26 Å². The molecule has 0 fully saturated rings. The van der Waals surface area contributed by atoms with Gasteiger partial charge < -0.3 is 10.6 Å². The van der Waals surface area contributed by atoms with Crippen molar-refractivity contribution in [3.63, 3.8) is 0 Å². The second-order valence-corrected chi connectivity index (χ2v) is 5.13. The van der Waals surface area contributed by atoms with Crippen molar-refractivity contribution < 1.29 is 4.79 Å². The molecule has 0 bridgehead atoms. The zero-order valence-corrected chi connectivity index (χ0v) is 12.9. The van der Waals surface area contributed by atoms with Gasteiger partial charge in [-0.25, -0.2) is 4.98 Å². The summed E-state index contributed by atoms with van der Waals surface area (Å²) in [5, 5.41) is 14.8. The molecule has 6 heteroatoms. The van der Waals surface area contributed by atoms with E-state index in [0.717, 1.165) is 16.8 Å². The molecule has 0 radical (unpaired) electrons. The summed E-state index contributed by atoms with van der Waals surface area (Å²) >= 11 is 3.29. The molecule has 2 aromatic rings. The summed E-state index contributed by atoms with van der Waals surface area (Å²) in [6.45, 7) is 2.74. The number of aromatic nitrogens is 1. The number of amides is 1. The minimum Gasteiger partial charge on any atom is -0.370 e. The number of halogens is 1. The summed E-state index contributed by atoms with van der Waals surface area (Å²) in [6.07, 6.45) is 1.50. The maximum absolute atomic E-state index is 12.1. The average molecular weight is 345 g/mol. The summed E-state index contributed by atoms with van der Waals surface area (Å²) in [6, 6.07) is 10.6. The summed E-state index contributed by atoms with van der Waals surface area (Å²) in [5.74, 6) is 0.416. The zero-order valence-electron chi connectivity index (χ0n) is 11.4. The molecule has 1 aromatic heterocycles. The van der Waals surface area contributed by atoms with Crippen LogP contribution in [-0.2, 0) is 0 Å². The number of benzene rings is 1. The third-order valence-corrected chi connectivity index (χ3v) is 3.23. The van der Waals surface area contributed by atoms with E-state index in [-0.39, 0.29) is 5.91 Å². The Labute approximate surface area is 131 Å². The van der Waals surface area contributed by atoms with Gasteiger partial charge in [0.15, 0.2) is 0 Å². The predicted molar refractivity (Wildman–Crippen MR) is 85.2 cm³/mol. The highest BCUT2D eigenvalue weighted by atomic mass is 79.9. The molecule has 1 aromatic carbocycles. The Hall–Kier alpha value is -2.39. The second-order valence-electron chi connectivity index (χ2n) is 4.22. The summed E-state index contributed by atoms with van der Waals surface area (Å²) in [5.41, 5.74) is 1.31. The van der Waals surface area contributed by atoms with E-state index in [4.69, 9.17) is 5.26 Å². The molecule has 0 saturated carbocycles. The normalized spacial score (nSPS) is 9.76. The van der Waals surface area contributed by atoms with Gasteiger partial charge >= 0.3 is 0 Å². The molecule has 0 saturated heterocycles. The first-order valence-corrected chi connectivity index (χ1v) is 7.14. The predicted octanol–water partition coefficient (Wildman–Crippen LogP) is 3.40. The molecule has 0 unspecified atom stereocenters. The van der Waals surface area contributed by atoms with Crippen LogP contribution in [0.15, 0.2) is 41.0 Å². The van der Waals surface area contributed by atoms with Crippen molar-refractivity contribution in [2.45, 2.75) is 6.92 Å². The van der Waals surface area contributed by atoms with E-state index in [0.29, 0.717) is 16.8 Å². The molecule has 5 nitrogen and oxygen atoms in total. The Morgan fingerprint density at radius 2 is 2.19 bits per heavy atom. The number of hydrogen-bond donors (Lipinski definition) is 2. The molecule has 2 N–H and O–H groups in total. The molecule has 0 aliphatic carbocycles. The minimum absolute atomic E-state index is 0.302. The van der Waals surface area contributed by atoms with E-state index in [1.54, 1.807) is 30.3 Å². The minimum atomic E-state index is -0.302. The van der Waals surface area contributed by atoms with Crippen LogP contribution in [0.1, 0.15) is 22.8 Å². The number of pyridine rings is 1. The van der Waals surface area contributed by atoms with Gasteiger partial charge in [-0.15, -0.1) is 0 Å². The molecule has 106 valence electrons. The third-order valence-electron chi connectivity index (χ3n) is 2.73. The van der Waals surface area contributed by atoms with Crippen molar-refractivity contribution in [2.24, 2.45) is 0 Å². The van der Waals surface area contributed by atoms with Crippen molar-refractivity contribution >= 4 is 33.3 Å². The Balaban J connectivity index is 2.16. The van der Waals surface area contributed by atoms with E-state index in [2.05, 4.69) is 31.5 Å². The number of nitriles is 1. The monoisotopic (exact) mass is 344 g/mol. The standard InChI is InChI=1S/C15H13BrN4O/c1-2-18-14-6-3-10(9-19-14)15(21)20-13-5-4-12(16)7-11(13)8-17/h3-7,9H,2H2,1H3,(H,18,19)(H,20,21). The molecule has 1 heterocycles. The van der Waals surface area contributed by atoms with Gasteiger partial charge in [0.2, 0.25) is 0 Å². The number of rotatable bonds is 4. The second kappa shape index (κ2) is 6.86. The Morgan fingerprint density at radius 1 is 1.38 bits per heavy atom. The van der Waals surface area contributed by atoms with Crippen LogP contribution in [0.5, 0.6) is 0 Å². The maximum atomic E-state index is 12.1. The number of anilines is 2. The Kier molecular flexibility index (Phi) is 4.90. The lowest BCUT2D eigenvalue weighted by atomic mass is 10.2.